The Kier molecular flexibility index (Phi) is 6.39. The lowest BCUT2D eigenvalue weighted by atomic mass is 9.98. The molecule has 0 N–H and O–H groups in total. The summed E-state index contributed by atoms with van der Waals surface area (Å²) in [4.78, 5) is 20.0. The molecule has 0 saturated heterocycles. The Labute approximate surface area is 271 Å². The number of imidazole rings is 1. The van der Waals surface area contributed by atoms with Gasteiger partial charge in [-0.2, -0.15) is 0 Å². The first-order valence-corrected chi connectivity index (χ1v) is 15.7. The summed E-state index contributed by atoms with van der Waals surface area (Å²) in [7, 11) is 0. The van der Waals surface area contributed by atoms with Gasteiger partial charge in [0.15, 0.2) is 11.5 Å². The smallest absolute Gasteiger partial charge is 0.165 e. The average molecular weight is 602 g/mol. The summed E-state index contributed by atoms with van der Waals surface area (Å²) in [5.41, 5.74) is 11.9. The largest absolute Gasteiger partial charge is 0.284 e. The number of aromatic nitrogens is 5. The lowest BCUT2D eigenvalue weighted by Crippen LogP contribution is -1.95. The molecule has 0 aliphatic carbocycles. The first kappa shape index (κ1) is 26.9. The second kappa shape index (κ2) is 11.2. The minimum Gasteiger partial charge on any atom is -0.284 e. The maximum absolute atomic E-state index is 5.16. The molecule has 0 bridgehead atoms. The molecule has 4 heterocycles. The summed E-state index contributed by atoms with van der Waals surface area (Å²) in [6.07, 6.45) is 2.02. The van der Waals surface area contributed by atoms with E-state index in [4.69, 9.17) is 19.9 Å². The number of nitrogens with zero attached hydrogens (tertiary/aromatic N) is 5. The van der Waals surface area contributed by atoms with Crippen LogP contribution in [-0.4, -0.2) is 24.3 Å². The van der Waals surface area contributed by atoms with Gasteiger partial charge in [-0.3, -0.25) is 4.40 Å². The van der Waals surface area contributed by atoms with E-state index in [1.54, 1.807) is 0 Å². The van der Waals surface area contributed by atoms with E-state index < -0.39 is 0 Å². The second-order valence-corrected chi connectivity index (χ2v) is 11.6. The van der Waals surface area contributed by atoms with Crippen LogP contribution in [0.1, 0.15) is 0 Å². The number of fused-ring (bicyclic) bond motifs is 5. The summed E-state index contributed by atoms with van der Waals surface area (Å²) in [5.74, 6) is 0.713. The normalized spacial score (nSPS) is 11.4. The summed E-state index contributed by atoms with van der Waals surface area (Å²) < 4.78 is 2.06. The van der Waals surface area contributed by atoms with Gasteiger partial charge in [-0.15, -0.1) is 0 Å². The predicted octanol–water partition coefficient (Wildman–Crippen LogP) is 10.2. The number of benzene rings is 5. The molecule has 9 aromatic rings. The SMILES string of the molecule is c1ccc(-c2cc(-c3ccc(-c4ccc(-c5nc6c(nc7ccccn76)c6ccccc56)cc4)cc3)nc(-c3ccccc3)n2)cc1. The van der Waals surface area contributed by atoms with Crippen LogP contribution in [-0.2, 0) is 0 Å². The molecule has 47 heavy (non-hydrogen) atoms. The fraction of sp³-hybridized carbons (Fsp3) is 0. The Morgan fingerprint density at radius 1 is 0.383 bits per heavy atom. The van der Waals surface area contributed by atoms with Crippen LogP contribution in [0.3, 0.4) is 0 Å². The molecule has 5 nitrogen and oxygen atoms in total. The van der Waals surface area contributed by atoms with Gasteiger partial charge in [0.2, 0.25) is 0 Å². The maximum Gasteiger partial charge on any atom is 0.165 e. The topological polar surface area (TPSA) is 56.0 Å². The number of hydrogen-bond acceptors (Lipinski definition) is 4. The van der Waals surface area contributed by atoms with Crippen molar-refractivity contribution in [2.45, 2.75) is 0 Å². The molecular formula is C42H27N5. The van der Waals surface area contributed by atoms with E-state index in [9.17, 15) is 0 Å². The fourth-order valence-corrected chi connectivity index (χ4v) is 6.27. The van der Waals surface area contributed by atoms with Crippen LogP contribution in [0.5, 0.6) is 0 Å². The molecule has 0 aliphatic rings. The zero-order valence-corrected chi connectivity index (χ0v) is 25.3. The lowest BCUT2D eigenvalue weighted by molar-refractivity contribution is 1.18. The van der Waals surface area contributed by atoms with Gasteiger partial charge in [-0.05, 0) is 29.3 Å². The molecule has 0 atom stereocenters. The monoisotopic (exact) mass is 601 g/mol. The van der Waals surface area contributed by atoms with Crippen molar-refractivity contribution in [3.63, 3.8) is 0 Å². The van der Waals surface area contributed by atoms with Crippen molar-refractivity contribution in [3.05, 3.63) is 164 Å². The first-order chi connectivity index (χ1) is 23.3. The molecule has 220 valence electrons. The van der Waals surface area contributed by atoms with Gasteiger partial charge in [0.25, 0.3) is 0 Å². The van der Waals surface area contributed by atoms with Crippen LogP contribution in [0.4, 0.5) is 0 Å². The molecule has 0 radical (unpaired) electrons. The highest BCUT2D eigenvalue weighted by Gasteiger charge is 2.15. The summed E-state index contributed by atoms with van der Waals surface area (Å²) >= 11 is 0. The predicted molar refractivity (Wildman–Crippen MR) is 191 cm³/mol. The Bertz CT molecular complexity index is 2480. The zero-order valence-electron chi connectivity index (χ0n) is 25.3. The van der Waals surface area contributed by atoms with Gasteiger partial charge in [-0.25, -0.2) is 19.9 Å². The number of rotatable bonds is 5. The Morgan fingerprint density at radius 3 is 1.60 bits per heavy atom. The fourth-order valence-electron chi connectivity index (χ4n) is 6.27. The Hall–Kier alpha value is -6.46. The van der Waals surface area contributed by atoms with Crippen molar-refractivity contribution in [1.29, 1.82) is 0 Å². The average Bonchev–Trinajstić information content (AvgIpc) is 3.54. The third kappa shape index (κ3) is 4.82. The molecule has 0 fully saturated rings. The van der Waals surface area contributed by atoms with Gasteiger partial charge in [0.1, 0.15) is 11.2 Å². The van der Waals surface area contributed by atoms with Crippen molar-refractivity contribution >= 4 is 27.6 Å². The van der Waals surface area contributed by atoms with E-state index in [-0.39, 0.29) is 0 Å². The van der Waals surface area contributed by atoms with Gasteiger partial charge in [-0.1, -0.05) is 140 Å². The van der Waals surface area contributed by atoms with Gasteiger partial charge >= 0.3 is 0 Å². The van der Waals surface area contributed by atoms with Crippen LogP contribution >= 0.6 is 0 Å². The van der Waals surface area contributed by atoms with E-state index in [2.05, 4.69) is 108 Å². The number of pyridine rings is 2. The molecule has 0 amide bonds. The summed E-state index contributed by atoms with van der Waals surface area (Å²) in [5, 5.41) is 2.20. The Balaban J connectivity index is 1.07. The standard InChI is InChI=1S/C42H27N5/c1-3-11-30(12-4-1)36-27-37(44-41(43-36)33-13-5-2-6-14-33)31-22-18-28(19-23-31)29-20-24-32(25-21-29)39-34-15-7-8-16-35(34)40-42(46-39)47-26-10-9-17-38(47)45-40/h1-27H. The lowest BCUT2D eigenvalue weighted by Gasteiger charge is -2.11. The van der Waals surface area contributed by atoms with Gasteiger partial charge in [0.05, 0.1) is 17.1 Å². The highest BCUT2D eigenvalue weighted by atomic mass is 15.1. The highest BCUT2D eigenvalue weighted by molar-refractivity contribution is 6.09. The highest BCUT2D eigenvalue weighted by Crippen LogP contribution is 2.34. The Morgan fingerprint density at radius 2 is 0.915 bits per heavy atom. The second-order valence-electron chi connectivity index (χ2n) is 11.6. The quantitative estimate of drug-likeness (QED) is 0.197. The zero-order chi connectivity index (χ0) is 31.2. The van der Waals surface area contributed by atoms with E-state index >= 15 is 0 Å². The molecular weight excluding hydrogens is 574 g/mol. The summed E-state index contributed by atoms with van der Waals surface area (Å²) in [6, 6.07) is 54.2. The van der Waals surface area contributed by atoms with Crippen molar-refractivity contribution in [2.24, 2.45) is 0 Å². The van der Waals surface area contributed by atoms with Crippen LogP contribution in [0.25, 0.3) is 83.9 Å². The molecule has 0 aliphatic heterocycles. The van der Waals surface area contributed by atoms with Crippen LogP contribution < -0.4 is 0 Å². The van der Waals surface area contributed by atoms with Crippen LogP contribution in [0.15, 0.2) is 164 Å². The number of hydrogen-bond donors (Lipinski definition) is 0. The van der Waals surface area contributed by atoms with Crippen molar-refractivity contribution in [3.8, 4) is 56.3 Å². The third-order valence-electron chi connectivity index (χ3n) is 8.66. The van der Waals surface area contributed by atoms with E-state index in [1.165, 1.54) is 0 Å². The molecule has 0 spiro atoms. The van der Waals surface area contributed by atoms with Crippen molar-refractivity contribution in [2.75, 3.05) is 0 Å². The maximum atomic E-state index is 5.16. The van der Waals surface area contributed by atoms with E-state index in [1.807, 2.05) is 60.8 Å². The van der Waals surface area contributed by atoms with Crippen molar-refractivity contribution in [1.82, 2.24) is 24.3 Å². The molecule has 4 aromatic heterocycles. The van der Waals surface area contributed by atoms with Crippen LogP contribution in [0.2, 0.25) is 0 Å². The third-order valence-corrected chi connectivity index (χ3v) is 8.66. The van der Waals surface area contributed by atoms with Gasteiger partial charge in [0, 0.05) is 39.2 Å². The molecule has 9 rings (SSSR count). The van der Waals surface area contributed by atoms with Crippen molar-refractivity contribution < 1.29 is 0 Å². The van der Waals surface area contributed by atoms with Gasteiger partial charge < -0.3 is 0 Å². The minimum atomic E-state index is 0.713. The molecule has 5 heteroatoms. The van der Waals surface area contributed by atoms with Crippen LogP contribution in [0, 0.1) is 0 Å². The van der Waals surface area contributed by atoms with E-state index in [0.29, 0.717) is 5.82 Å². The molecule has 0 unspecified atom stereocenters. The molecule has 5 aromatic carbocycles. The minimum absolute atomic E-state index is 0.713. The molecule has 0 saturated carbocycles. The van der Waals surface area contributed by atoms with E-state index in [0.717, 1.165) is 78.0 Å². The first-order valence-electron chi connectivity index (χ1n) is 15.7. The summed E-state index contributed by atoms with van der Waals surface area (Å²) in [6.45, 7) is 0.